The van der Waals surface area contributed by atoms with Crippen molar-refractivity contribution in [2.75, 3.05) is 6.54 Å². The van der Waals surface area contributed by atoms with E-state index in [2.05, 4.69) is 41.5 Å². The largest absolute Gasteiger partial charge is 0.309 e. The number of likely N-dealkylation sites (N-methyl/N-ethyl adjacent to an activating group) is 1. The van der Waals surface area contributed by atoms with Gasteiger partial charge >= 0.3 is 0 Å². The quantitative estimate of drug-likeness (QED) is 0.875. The van der Waals surface area contributed by atoms with Gasteiger partial charge in [-0.3, -0.25) is 9.67 Å². The third-order valence-corrected chi connectivity index (χ3v) is 3.03. The Labute approximate surface area is 108 Å². The molecule has 0 spiro atoms. The van der Waals surface area contributed by atoms with Crippen molar-refractivity contribution in [3.63, 3.8) is 0 Å². The van der Waals surface area contributed by atoms with Gasteiger partial charge in [-0.15, -0.1) is 0 Å². The third-order valence-electron chi connectivity index (χ3n) is 3.03. The summed E-state index contributed by atoms with van der Waals surface area (Å²) in [5, 5.41) is 7.71. The Morgan fingerprint density at radius 2 is 2.28 bits per heavy atom. The Kier molecular flexibility index (Phi) is 4.10. The van der Waals surface area contributed by atoms with Gasteiger partial charge in [0.1, 0.15) is 0 Å². The van der Waals surface area contributed by atoms with Gasteiger partial charge in [-0.05, 0) is 37.1 Å². The van der Waals surface area contributed by atoms with Crippen LogP contribution >= 0.6 is 0 Å². The predicted molar refractivity (Wildman–Crippen MR) is 72.3 cm³/mol. The molecule has 0 aliphatic rings. The Morgan fingerprint density at radius 3 is 2.89 bits per heavy atom. The average molecular weight is 244 g/mol. The molecule has 0 fully saturated rings. The standard InChI is InChI=1S/C14H20N4/c1-4-15-13(8-12-9-17-18(3)10-12)14-11(2)6-5-7-16-14/h5-7,9-10,13,15H,4,8H2,1-3H3. The number of rotatable bonds is 5. The van der Waals surface area contributed by atoms with Crippen molar-refractivity contribution in [1.29, 1.82) is 0 Å². The van der Waals surface area contributed by atoms with Gasteiger partial charge in [0.2, 0.25) is 0 Å². The summed E-state index contributed by atoms with van der Waals surface area (Å²) in [7, 11) is 1.94. The average Bonchev–Trinajstić information content (AvgIpc) is 2.75. The molecule has 0 aromatic carbocycles. The molecule has 2 rings (SSSR count). The lowest BCUT2D eigenvalue weighted by molar-refractivity contribution is 0.533. The number of hydrogen-bond acceptors (Lipinski definition) is 3. The van der Waals surface area contributed by atoms with Crippen LogP contribution in [0.15, 0.2) is 30.7 Å². The number of aryl methyl sites for hydroxylation is 2. The van der Waals surface area contributed by atoms with E-state index in [1.54, 1.807) is 0 Å². The summed E-state index contributed by atoms with van der Waals surface area (Å²) < 4.78 is 1.84. The molecular weight excluding hydrogens is 224 g/mol. The molecule has 18 heavy (non-hydrogen) atoms. The molecule has 1 atom stereocenters. The lowest BCUT2D eigenvalue weighted by Gasteiger charge is -2.18. The molecule has 4 nitrogen and oxygen atoms in total. The van der Waals surface area contributed by atoms with Crippen molar-refractivity contribution in [3.05, 3.63) is 47.5 Å². The van der Waals surface area contributed by atoms with Crippen LogP contribution in [0.1, 0.15) is 29.8 Å². The van der Waals surface area contributed by atoms with Crippen LogP contribution in [0.3, 0.4) is 0 Å². The zero-order chi connectivity index (χ0) is 13.0. The first kappa shape index (κ1) is 12.8. The fourth-order valence-corrected chi connectivity index (χ4v) is 2.19. The van der Waals surface area contributed by atoms with Gasteiger partial charge in [0.05, 0.1) is 17.9 Å². The minimum Gasteiger partial charge on any atom is -0.309 e. The Balaban J connectivity index is 2.20. The molecule has 1 N–H and O–H groups in total. The van der Waals surface area contributed by atoms with Crippen LogP contribution in [0.4, 0.5) is 0 Å². The summed E-state index contributed by atoms with van der Waals surface area (Å²) in [6, 6.07) is 4.34. The maximum absolute atomic E-state index is 4.51. The summed E-state index contributed by atoms with van der Waals surface area (Å²) >= 11 is 0. The molecule has 2 aromatic rings. The van der Waals surface area contributed by atoms with E-state index in [0.717, 1.165) is 18.7 Å². The lowest BCUT2D eigenvalue weighted by atomic mass is 10.0. The van der Waals surface area contributed by atoms with Crippen LogP contribution in [0.2, 0.25) is 0 Å². The molecule has 4 heteroatoms. The van der Waals surface area contributed by atoms with Crippen molar-refractivity contribution in [3.8, 4) is 0 Å². The normalized spacial score (nSPS) is 12.6. The predicted octanol–water partition coefficient (Wildman–Crippen LogP) is 2.02. The highest BCUT2D eigenvalue weighted by molar-refractivity contribution is 5.23. The summed E-state index contributed by atoms with van der Waals surface area (Å²) in [6.07, 6.45) is 6.75. The van der Waals surface area contributed by atoms with Gasteiger partial charge in [-0.1, -0.05) is 13.0 Å². The number of nitrogens with zero attached hydrogens (tertiary/aromatic N) is 3. The monoisotopic (exact) mass is 244 g/mol. The van der Waals surface area contributed by atoms with E-state index in [0.29, 0.717) is 0 Å². The van der Waals surface area contributed by atoms with Crippen molar-refractivity contribution < 1.29 is 0 Å². The summed E-state index contributed by atoms with van der Waals surface area (Å²) in [5.41, 5.74) is 3.59. The zero-order valence-electron chi connectivity index (χ0n) is 11.2. The van der Waals surface area contributed by atoms with Gasteiger partial charge in [0.15, 0.2) is 0 Å². The maximum atomic E-state index is 4.51. The molecule has 0 amide bonds. The van der Waals surface area contributed by atoms with Gasteiger partial charge in [0.25, 0.3) is 0 Å². The van der Waals surface area contributed by atoms with E-state index in [-0.39, 0.29) is 6.04 Å². The van der Waals surface area contributed by atoms with Crippen LogP contribution < -0.4 is 5.32 Å². The van der Waals surface area contributed by atoms with Crippen LogP contribution in [0.25, 0.3) is 0 Å². The number of aromatic nitrogens is 3. The van der Waals surface area contributed by atoms with Crippen LogP contribution in [-0.2, 0) is 13.5 Å². The molecule has 0 bridgehead atoms. The first-order valence-electron chi connectivity index (χ1n) is 6.33. The molecule has 0 aliphatic heterocycles. The smallest absolute Gasteiger partial charge is 0.0605 e. The summed E-state index contributed by atoms with van der Waals surface area (Å²) in [6.45, 7) is 5.16. The van der Waals surface area contributed by atoms with Crippen molar-refractivity contribution in [2.24, 2.45) is 7.05 Å². The lowest BCUT2D eigenvalue weighted by Crippen LogP contribution is -2.24. The van der Waals surface area contributed by atoms with E-state index in [4.69, 9.17) is 0 Å². The molecular formula is C14H20N4. The molecule has 0 radical (unpaired) electrons. The molecule has 2 heterocycles. The molecule has 96 valence electrons. The highest BCUT2D eigenvalue weighted by Gasteiger charge is 2.15. The first-order valence-corrected chi connectivity index (χ1v) is 6.33. The van der Waals surface area contributed by atoms with E-state index < -0.39 is 0 Å². The van der Waals surface area contributed by atoms with Crippen molar-refractivity contribution >= 4 is 0 Å². The summed E-state index contributed by atoms with van der Waals surface area (Å²) in [4.78, 5) is 4.51. The second-order valence-electron chi connectivity index (χ2n) is 4.54. The van der Waals surface area contributed by atoms with Crippen LogP contribution in [-0.4, -0.2) is 21.3 Å². The molecule has 2 aromatic heterocycles. The fraction of sp³-hybridized carbons (Fsp3) is 0.429. The Bertz CT molecular complexity index is 504. The highest BCUT2D eigenvalue weighted by atomic mass is 15.2. The van der Waals surface area contributed by atoms with E-state index in [1.165, 1.54) is 11.1 Å². The van der Waals surface area contributed by atoms with E-state index >= 15 is 0 Å². The number of hydrogen-bond donors (Lipinski definition) is 1. The van der Waals surface area contributed by atoms with Gasteiger partial charge in [0, 0.05) is 19.4 Å². The number of nitrogens with one attached hydrogen (secondary N) is 1. The van der Waals surface area contributed by atoms with E-state index in [9.17, 15) is 0 Å². The zero-order valence-corrected chi connectivity index (χ0v) is 11.2. The highest BCUT2D eigenvalue weighted by Crippen LogP contribution is 2.19. The molecule has 0 aliphatic carbocycles. The Hall–Kier alpha value is -1.68. The van der Waals surface area contributed by atoms with E-state index in [1.807, 2.05) is 30.2 Å². The first-order chi connectivity index (χ1) is 8.70. The minimum absolute atomic E-state index is 0.250. The van der Waals surface area contributed by atoms with Crippen LogP contribution in [0.5, 0.6) is 0 Å². The van der Waals surface area contributed by atoms with Gasteiger partial charge in [-0.2, -0.15) is 5.10 Å². The SMILES string of the molecule is CCNC(Cc1cnn(C)c1)c1ncccc1C. The van der Waals surface area contributed by atoms with Gasteiger partial charge in [-0.25, -0.2) is 0 Å². The Morgan fingerprint density at radius 1 is 1.44 bits per heavy atom. The van der Waals surface area contributed by atoms with Crippen molar-refractivity contribution in [2.45, 2.75) is 26.3 Å². The molecule has 0 saturated heterocycles. The third kappa shape index (κ3) is 2.96. The second-order valence-corrected chi connectivity index (χ2v) is 4.54. The van der Waals surface area contributed by atoms with Crippen LogP contribution in [0, 0.1) is 6.92 Å². The number of pyridine rings is 1. The summed E-state index contributed by atoms with van der Waals surface area (Å²) in [5.74, 6) is 0. The van der Waals surface area contributed by atoms with Gasteiger partial charge < -0.3 is 5.32 Å². The second kappa shape index (κ2) is 5.78. The van der Waals surface area contributed by atoms with Crippen molar-refractivity contribution in [1.82, 2.24) is 20.1 Å². The topological polar surface area (TPSA) is 42.7 Å². The maximum Gasteiger partial charge on any atom is 0.0605 e. The minimum atomic E-state index is 0.250. The molecule has 1 unspecified atom stereocenters. The fourth-order valence-electron chi connectivity index (χ4n) is 2.19. The molecule has 0 saturated carbocycles.